The monoisotopic (exact) mass is 440 g/mol. The van der Waals surface area contributed by atoms with Gasteiger partial charge in [-0.1, -0.05) is 25.5 Å². The van der Waals surface area contributed by atoms with Crippen molar-refractivity contribution >= 4 is 46.3 Å². The van der Waals surface area contributed by atoms with E-state index in [0.29, 0.717) is 17.2 Å². The molecule has 0 unspecified atom stereocenters. The number of anilines is 2. The molecule has 1 heterocycles. The summed E-state index contributed by atoms with van der Waals surface area (Å²) in [5, 5.41) is 7.64. The van der Waals surface area contributed by atoms with Crippen molar-refractivity contribution in [3.8, 4) is 5.75 Å². The first-order valence-electron chi connectivity index (χ1n) is 9.74. The van der Waals surface area contributed by atoms with Crippen LogP contribution in [0.15, 0.2) is 70.9 Å². The number of hydrogen-bond acceptors (Lipinski definition) is 5. The first-order valence-corrected chi connectivity index (χ1v) is 11.6. The van der Waals surface area contributed by atoms with E-state index in [1.165, 1.54) is 23.1 Å². The predicted molar refractivity (Wildman–Crippen MR) is 125 cm³/mol. The quantitative estimate of drug-likeness (QED) is 0.304. The molecule has 0 atom stereocenters. The molecule has 0 saturated carbocycles. The van der Waals surface area contributed by atoms with Crippen LogP contribution in [0.2, 0.25) is 0 Å². The van der Waals surface area contributed by atoms with Crippen molar-refractivity contribution in [1.29, 1.82) is 0 Å². The summed E-state index contributed by atoms with van der Waals surface area (Å²) in [6.45, 7) is 2.82. The largest absolute Gasteiger partial charge is 0.494 e. The van der Waals surface area contributed by atoms with Gasteiger partial charge in [0.2, 0.25) is 5.91 Å². The van der Waals surface area contributed by atoms with Gasteiger partial charge in [0.05, 0.1) is 17.2 Å². The van der Waals surface area contributed by atoms with Crippen molar-refractivity contribution in [2.24, 2.45) is 0 Å². The summed E-state index contributed by atoms with van der Waals surface area (Å²) in [7, 11) is 0. The molecule has 30 heavy (non-hydrogen) atoms. The molecule has 156 valence electrons. The number of unbranched alkanes of at least 4 members (excludes halogenated alkanes) is 1. The van der Waals surface area contributed by atoms with Crippen molar-refractivity contribution in [2.75, 3.05) is 23.0 Å². The Morgan fingerprint density at radius 1 is 1.00 bits per heavy atom. The zero-order valence-electron chi connectivity index (χ0n) is 16.7. The fourth-order valence-electron chi connectivity index (χ4n) is 2.58. The van der Waals surface area contributed by atoms with Gasteiger partial charge in [-0.2, -0.15) is 0 Å². The second-order valence-corrected chi connectivity index (χ2v) is 8.52. The average Bonchev–Trinajstić information content (AvgIpc) is 3.29. The van der Waals surface area contributed by atoms with Gasteiger partial charge in [-0.25, -0.2) is 0 Å². The average molecular weight is 441 g/mol. The van der Waals surface area contributed by atoms with E-state index in [1.54, 1.807) is 6.07 Å². The van der Waals surface area contributed by atoms with Crippen LogP contribution in [0.5, 0.6) is 5.75 Å². The van der Waals surface area contributed by atoms with Crippen LogP contribution in [0.4, 0.5) is 11.4 Å². The van der Waals surface area contributed by atoms with E-state index >= 15 is 0 Å². The lowest BCUT2D eigenvalue weighted by Gasteiger charge is -2.09. The van der Waals surface area contributed by atoms with Crippen LogP contribution in [-0.2, 0) is 4.79 Å². The van der Waals surface area contributed by atoms with Crippen LogP contribution < -0.4 is 15.4 Å². The maximum atomic E-state index is 12.3. The number of carbonyl (C=O) groups excluding carboxylic acids is 2. The third-order valence-corrected chi connectivity index (χ3v) is 5.97. The molecule has 2 aromatic carbocycles. The number of ether oxygens (including phenoxy) is 1. The number of thiophene rings is 1. The summed E-state index contributed by atoms with van der Waals surface area (Å²) in [5.41, 5.74) is 1.44. The fourth-order valence-corrected chi connectivity index (χ4v) is 3.95. The molecule has 1 aromatic heterocycles. The Bertz CT molecular complexity index is 957. The Balaban J connectivity index is 1.47. The highest BCUT2D eigenvalue weighted by molar-refractivity contribution is 8.00. The summed E-state index contributed by atoms with van der Waals surface area (Å²) >= 11 is 2.81. The molecule has 0 aliphatic carbocycles. The highest BCUT2D eigenvalue weighted by Crippen LogP contribution is 2.23. The first-order chi connectivity index (χ1) is 14.6. The van der Waals surface area contributed by atoms with Gasteiger partial charge in [0.15, 0.2) is 0 Å². The maximum Gasteiger partial charge on any atom is 0.265 e. The summed E-state index contributed by atoms with van der Waals surface area (Å²) in [4.78, 5) is 26.0. The van der Waals surface area contributed by atoms with Gasteiger partial charge in [0, 0.05) is 16.3 Å². The zero-order chi connectivity index (χ0) is 21.2. The summed E-state index contributed by atoms with van der Waals surface area (Å²) < 4.78 is 5.63. The normalized spacial score (nSPS) is 10.4. The molecule has 3 aromatic rings. The SMILES string of the molecule is CCCCOc1ccc(NC(=O)CSc2cccc(NC(=O)c3cccs3)c2)cc1. The lowest BCUT2D eigenvalue weighted by atomic mass is 10.3. The van der Waals surface area contributed by atoms with E-state index in [1.807, 2.05) is 60.0 Å². The highest BCUT2D eigenvalue weighted by atomic mass is 32.2. The highest BCUT2D eigenvalue weighted by Gasteiger charge is 2.08. The minimum atomic E-state index is -0.132. The molecule has 0 fully saturated rings. The number of rotatable bonds is 10. The number of carbonyl (C=O) groups is 2. The molecule has 7 heteroatoms. The van der Waals surface area contributed by atoms with Crippen LogP contribution >= 0.6 is 23.1 Å². The van der Waals surface area contributed by atoms with Crippen molar-refractivity contribution in [3.05, 3.63) is 70.9 Å². The smallest absolute Gasteiger partial charge is 0.265 e. The second-order valence-electron chi connectivity index (χ2n) is 6.52. The first kappa shape index (κ1) is 21.9. The third-order valence-electron chi connectivity index (χ3n) is 4.11. The maximum absolute atomic E-state index is 12.3. The minimum absolute atomic E-state index is 0.0901. The van der Waals surface area contributed by atoms with Crippen LogP contribution in [0.1, 0.15) is 29.4 Å². The Morgan fingerprint density at radius 2 is 1.83 bits per heavy atom. The Morgan fingerprint density at radius 3 is 2.57 bits per heavy atom. The van der Waals surface area contributed by atoms with Crippen molar-refractivity contribution in [3.63, 3.8) is 0 Å². The van der Waals surface area contributed by atoms with E-state index in [-0.39, 0.29) is 17.6 Å². The van der Waals surface area contributed by atoms with E-state index in [4.69, 9.17) is 4.74 Å². The number of nitrogens with one attached hydrogen (secondary N) is 2. The van der Waals surface area contributed by atoms with E-state index in [2.05, 4.69) is 17.6 Å². The zero-order valence-corrected chi connectivity index (χ0v) is 18.4. The lowest BCUT2D eigenvalue weighted by Crippen LogP contribution is -2.14. The van der Waals surface area contributed by atoms with Gasteiger partial charge >= 0.3 is 0 Å². The molecule has 2 amide bonds. The molecule has 0 bridgehead atoms. The molecule has 0 spiro atoms. The van der Waals surface area contributed by atoms with Gasteiger partial charge in [-0.05, 0) is 60.3 Å². The van der Waals surface area contributed by atoms with E-state index < -0.39 is 0 Å². The second kappa shape index (κ2) is 11.4. The van der Waals surface area contributed by atoms with Gasteiger partial charge in [-0.15, -0.1) is 23.1 Å². The molecule has 0 aliphatic rings. The van der Waals surface area contributed by atoms with Gasteiger partial charge in [0.1, 0.15) is 5.75 Å². The van der Waals surface area contributed by atoms with Crippen molar-refractivity contribution < 1.29 is 14.3 Å². The van der Waals surface area contributed by atoms with Gasteiger partial charge in [0.25, 0.3) is 5.91 Å². The Hall–Kier alpha value is -2.77. The Kier molecular flexibility index (Phi) is 8.35. The van der Waals surface area contributed by atoms with Crippen molar-refractivity contribution in [1.82, 2.24) is 0 Å². The summed E-state index contributed by atoms with van der Waals surface area (Å²) in [6, 6.07) is 18.5. The van der Waals surface area contributed by atoms with Crippen LogP contribution in [0.3, 0.4) is 0 Å². The molecular formula is C23H24N2O3S2. The number of benzene rings is 2. The fraction of sp³-hybridized carbons (Fsp3) is 0.217. The van der Waals surface area contributed by atoms with Crippen LogP contribution in [0.25, 0.3) is 0 Å². The molecule has 0 aliphatic heterocycles. The summed E-state index contributed by atoms with van der Waals surface area (Å²) in [6.07, 6.45) is 2.12. The Labute approximate surface area is 184 Å². The number of amides is 2. The van der Waals surface area contributed by atoms with E-state index in [0.717, 1.165) is 29.2 Å². The van der Waals surface area contributed by atoms with Gasteiger partial charge < -0.3 is 15.4 Å². The van der Waals surface area contributed by atoms with E-state index in [9.17, 15) is 9.59 Å². The number of thioether (sulfide) groups is 1. The molecular weight excluding hydrogens is 416 g/mol. The molecule has 0 saturated heterocycles. The number of hydrogen-bond donors (Lipinski definition) is 2. The minimum Gasteiger partial charge on any atom is -0.494 e. The molecule has 5 nitrogen and oxygen atoms in total. The third kappa shape index (κ3) is 6.93. The topological polar surface area (TPSA) is 67.4 Å². The molecule has 3 rings (SSSR count). The molecule has 2 N–H and O–H groups in total. The molecule has 0 radical (unpaired) electrons. The van der Waals surface area contributed by atoms with Gasteiger partial charge in [-0.3, -0.25) is 9.59 Å². The van der Waals surface area contributed by atoms with Crippen molar-refractivity contribution in [2.45, 2.75) is 24.7 Å². The van der Waals surface area contributed by atoms with Crippen LogP contribution in [-0.4, -0.2) is 24.2 Å². The standard InChI is InChI=1S/C23H24N2O3S2/c1-2-3-13-28-19-11-9-17(10-12-19)24-22(26)16-30-20-7-4-6-18(15-20)25-23(27)21-8-5-14-29-21/h4-12,14-15H,2-3,13,16H2,1H3,(H,24,26)(H,25,27). The summed E-state index contributed by atoms with van der Waals surface area (Å²) in [5.74, 6) is 0.855. The van der Waals surface area contributed by atoms with Crippen LogP contribution in [0, 0.1) is 0 Å². The predicted octanol–water partition coefficient (Wildman–Crippen LogP) is 5.91. The lowest BCUT2D eigenvalue weighted by molar-refractivity contribution is -0.113.